The van der Waals surface area contributed by atoms with E-state index in [9.17, 15) is 4.79 Å². The molecule has 150 valence electrons. The number of hydrogen-bond acceptors (Lipinski definition) is 4. The Bertz CT molecular complexity index is 1220. The van der Waals surface area contributed by atoms with E-state index in [1.54, 1.807) is 6.26 Å². The predicted octanol–water partition coefficient (Wildman–Crippen LogP) is 5.24. The van der Waals surface area contributed by atoms with Crippen LogP contribution in [0.1, 0.15) is 17.5 Å². The van der Waals surface area contributed by atoms with E-state index >= 15 is 0 Å². The summed E-state index contributed by atoms with van der Waals surface area (Å²) in [5.74, 6) is 0.803. The van der Waals surface area contributed by atoms with Crippen molar-refractivity contribution in [3.05, 3.63) is 100 Å². The van der Waals surface area contributed by atoms with Crippen LogP contribution in [0.4, 0.5) is 0 Å². The molecular formula is C26H23NO3. The van der Waals surface area contributed by atoms with E-state index < -0.39 is 0 Å². The van der Waals surface area contributed by atoms with Gasteiger partial charge in [0.05, 0.1) is 16.5 Å². The van der Waals surface area contributed by atoms with Crippen LogP contribution < -0.4 is 10.2 Å². The number of aryl methyl sites for hydroxylation is 1. The lowest BCUT2D eigenvalue weighted by atomic mass is 10.0. The van der Waals surface area contributed by atoms with Crippen molar-refractivity contribution < 1.29 is 9.15 Å². The van der Waals surface area contributed by atoms with Crippen molar-refractivity contribution in [1.29, 1.82) is 0 Å². The maximum atomic E-state index is 13.1. The van der Waals surface area contributed by atoms with Crippen LogP contribution in [-0.4, -0.2) is 18.2 Å². The van der Waals surface area contributed by atoms with Crippen LogP contribution in [0.5, 0.6) is 5.75 Å². The minimum absolute atomic E-state index is 0.00792. The Morgan fingerprint density at radius 1 is 0.900 bits per heavy atom. The molecule has 0 unspecified atom stereocenters. The van der Waals surface area contributed by atoms with E-state index in [4.69, 9.17) is 9.15 Å². The Morgan fingerprint density at radius 2 is 1.67 bits per heavy atom. The predicted molar refractivity (Wildman–Crippen MR) is 119 cm³/mol. The molecule has 1 aromatic heterocycles. The first kappa shape index (κ1) is 18.6. The number of ether oxygens (including phenoxy) is 1. The van der Waals surface area contributed by atoms with Crippen LogP contribution in [-0.2, 0) is 13.0 Å². The second kappa shape index (κ2) is 8.17. The number of benzene rings is 3. The first-order valence-corrected chi connectivity index (χ1v) is 10.3. The van der Waals surface area contributed by atoms with Gasteiger partial charge in [0.15, 0.2) is 0 Å². The summed E-state index contributed by atoms with van der Waals surface area (Å²) in [5.41, 5.74) is 4.37. The Balaban J connectivity index is 1.39. The van der Waals surface area contributed by atoms with Crippen molar-refractivity contribution in [3.63, 3.8) is 0 Å². The minimum atomic E-state index is -0.00792. The lowest BCUT2D eigenvalue weighted by Crippen LogP contribution is -2.33. The van der Waals surface area contributed by atoms with Crippen molar-refractivity contribution in [2.24, 2.45) is 0 Å². The fraction of sp³-hybridized carbons (Fsp3) is 0.192. The van der Waals surface area contributed by atoms with Gasteiger partial charge >= 0.3 is 0 Å². The summed E-state index contributed by atoms with van der Waals surface area (Å²) in [5, 5.41) is 0.602. The van der Waals surface area contributed by atoms with E-state index in [-0.39, 0.29) is 5.43 Å². The lowest BCUT2D eigenvalue weighted by Gasteiger charge is -2.29. The van der Waals surface area contributed by atoms with Gasteiger partial charge in [0.25, 0.3) is 0 Å². The van der Waals surface area contributed by atoms with Crippen molar-refractivity contribution in [2.75, 3.05) is 13.3 Å². The Hall–Kier alpha value is -3.37. The average Bonchev–Trinajstić information content (AvgIpc) is 2.80. The molecule has 0 atom stereocenters. The highest BCUT2D eigenvalue weighted by Crippen LogP contribution is 2.32. The average molecular weight is 397 g/mol. The fourth-order valence-corrected chi connectivity index (χ4v) is 4.07. The normalized spacial score (nSPS) is 13.7. The van der Waals surface area contributed by atoms with E-state index in [1.165, 1.54) is 5.56 Å². The number of fused-ring (bicyclic) bond motifs is 3. The molecule has 0 aliphatic carbocycles. The molecule has 0 saturated carbocycles. The quantitative estimate of drug-likeness (QED) is 0.462. The second-order valence-electron chi connectivity index (χ2n) is 7.68. The molecule has 0 spiro atoms. The van der Waals surface area contributed by atoms with Gasteiger partial charge in [0, 0.05) is 13.1 Å². The maximum absolute atomic E-state index is 13.1. The first-order valence-electron chi connectivity index (χ1n) is 10.3. The molecule has 2 heterocycles. The highest BCUT2D eigenvalue weighted by molar-refractivity contribution is 5.85. The molecule has 30 heavy (non-hydrogen) atoms. The Labute approximate surface area is 175 Å². The van der Waals surface area contributed by atoms with E-state index in [1.807, 2.05) is 48.5 Å². The molecule has 0 saturated heterocycles. The highest BCUT2D eigenvalue weighted by atomic mass is 16.5. The molecule has 5 rings (SSSR count). The standard InChI is InChI=1S/C26H23NO3/c28-25-21-13-14-24-22(26(21)29-17-23(25)20-11-5-2-6-12-20)16-27(18-30-24)15-7-10-19-8-3-1-4-9-19/h1-6,8-9,11-14,17H,7,10,15-16,18H2. The first-order chi connectivity index (χ1) is 14.8. The zero-order valence-electron chi connectivity index (χ0n) is 16.7. The Kier molecular flexibility index (Phi) is 5.08. The summed E-state index contributed by atoms with van der Waals surface area (Å²) in [4.78, 5) is 15.4. The summed E-state index contributed by atoms with van der Waals surface area (Å²) in [7, 11) is 0. The zero-order chi connectivity index (χ0) is 20.3. The molecule has 1 aliphatic heterocycles. The summed E-state index contributed by atoms with van der Waals surface area (Å²) in [6, 6.07) is 23.9. The van der Waals surface area contributed by atoms with Gasteiger partial charge < -0.3 is 9.15 Å². The van der Waals surface area contributed by atoms with Crippen LogP contribution in [0.15, 0.2) is 88.3 Å². The largest absolute Gasteiger partial charge is 0.478 e. The molecule has 0 bridgehead atoms. The third-order valence-electron chi connectivity index (χ3n) is 5.65. The third-order valence-corrected chi connectivity index (χ3v) is 5.65. The summed E-state index contributed by atoms with van der Waals surface area (Å²) in [6.07, 6.45) is 3.67. The van der Waals surface area contributed by atoms with Crippen molar-refractivity contribution in [1.82, 2.24) is 4.90 Å². The number of rotatable bonds is 5. The van der Waals surface area contributed by atoms with Gasteiger partial charge in [0.2, 0.25) is 5.43 Å². The zero-order valence-corrected chi connectivity index (χ0v) is 16.7. The minimum Gasteiger partial charge on any atom is -0.478 e. The highest BCUT2D eigenvalue weighted by Gasteiger charge is 2.22. The number of nitrogens with zero attached hydrogens (tertiary/aromatic N) is 1. The van der Waals surface area contributed by atoms with Gasteiger partial charge in [-0.3, -0.25) is 9.69 Å². The summed E-state index contributed by atoms with van der Waals surface area (Å²) < 4.78 is 12.0. The SMILES string of the molecule is O=c1c(-c2ccccc2)coc2c3c(ccc12)OCN(CCCc1ccccc1)C3. The smallest absolute Gasteiger partial charge is 0.200 e. The maximum Gasteiger partial charge on any atom is 0.200 e. The lowest BCUT2D eigenvalue weighted by molar-refractivity contribution is 0.0946. The van der Waals surface area contributed by atoms with Gasteiger partial charge in [-0.1, -0.05) is 60.7 Å². The molecule has 4 aromatic rings. The van der Waals surface area contributed by atoms with Gasteiger partial charge in [-0.15, -0.1) is 0 Å². The van der Waals surface area contributed by atoms with Crippen LogP contribution in [0.2, 0.25) is 0 Å². The van der Waals surface area contributed by atoms with Gasteiger partial charge in [-0.2, -0.15) is 0 Å². The molecule has 0 amide bonds. The van der Waals surface area contributed by atoms with Gasteiger partial charge in [0.1, 0.15) is 24.3 Å². The van der Waals surface area contributed by atoms with Crippen LogP contribution >= 0.6 is 0 Å². The van der Waals surface area contributed by atoms with E-state index in [0.717, 1.165) is 42.8 Å². The molecule has 4 nitrogen and oxygen atoms in total. The van der Waals surface area contributed by atoms with E-state index in [2.05, 4.69) is 29.2 Å². The van der Waals surface area contributed by atoms with Gasteiger partial charge in [-0.05, 0) is 36.1 Å². The van der Waals surface area contributed by atoms with Gasteiger partial charge in [-0.25, -0.2) is 0 Å². The van der Waals surface area contributed by atoms with Crippen LogP contribution in [0, 0.1) is 0 Å². The molecule has 0 radical (unpaired) electrons. The van der Waals surface area contributed by atoms with Crippen molar-refractivity contribution in [3.8, 4) is 16.9 Å². The monoisotopic (exact) mass is 397 g/mol. The van der Waals surface area contributed by atoms with E-state index in [0.29, 0.717) is 23.3 Å². The topological polar surface area (TPSA) is 42.7 Å². The van der Waals surface area contributed by atoms with Crippen molar-refractivity contribution in [2.45, 2.75) is 19.4 Å². The van der Waals surface area contributed by atoms with Crippen LogP contribution in [0.25, 0.3) is 22.1 Å². The van der Waals surface area contributed by atoms with Crippen LogP contribution in [0.3, 0.4) is 0 Å². The summed E-state index contributed by atoms with van der Waals surface area (Å²) >= 11 is 0. The molecule has 1 aliphatic rings. The molecule has 0 fully saturated rings. The third kappa shape index (κ3) is 3.62. The molecule has 3 aromatic carbocycles. The number of hydrogen-bond donors (Lipinski definition) is 0. The summed E-state index contributed by atoms with van der Waals surface area (Å²) in [6.45, 7) is 2.20. The molecule has 0 N–H and O–H groups in total. The van der Waals surface area contributed by atoms with Crippen molar-refractivity contribution >= 4 is 11.0 Å². The molecular weight excluding hydrogens is 374 g/mol. The second-order valence-corrected chi connectivity index (χ2v) is 7.68. The fourth-order valence-electron chi connectivity index (χ4n) is 4.07. The Morgan fingerprint density at radius 3 is 2.47 bits per heavy atom. The molecule has 4 heteroatoms.